The van der Waals surface area contributed by atoms with Crippen LogP contribution in [0.25, 0.3) is 0 Å². The molecule has 5 nitrogen and oxygen atoms in total. The van der Waals surface area contributed by atoms with Gasteiger partial charge in [0.15, 0.2) is 16.4 Å². The van der Waals surface area contributed by atoms with Gasteiger partial charge in [0, 0.05) is 7.05 Å². The number of nitrogens with zero attached hydrogens (tertiary/aromatic N) is 1. The Hall–Kier alpha value is -1.56. The zero-order valence-corrected chi connectivity index (χ0v) is 10.5. The predicted molar refractivity (Wildman–Crippen MR) is 63.1 cm³/mol. The summed E-state index contributed by atoms with van der Waals surface area (Å²) in [5.74, 6) is 0.371. The van der Waals surface area contributed by atoms with Gasteiger partial charge in [0.2, 0.25) is 0 Å². The third-order valence-corrected chi connectivity index (χ3v) is 4.49. The molecule has 17 heavy (non-hydrogen) atoms. The van der Waals surface area contributed by atoms with Crippen molar-refractivity contribution in [2.75, 3.05) is 24.3 Å². The fourth-order valence-corrected chi connectivity index (χ4v) is 2.51. The maximum Gasteiger partial charge on any atom is 0.264 e. The van der Waals surface area contributed by atoms with E-state index in [0.717, 1.165) is 0 Å². The van der Waals surface area contributed by atoms with Gasteiger partial charge >= 0.3 is 0 Å². The Morgan fingerprint density at radius 1 is 1.41 bits per heavy atom. The van der Waals surface area contributed by atoms with Gasteiger partial charge in [0.05, 0.1) is 16.3 Å². The summed E-state index contributed by atoms with van der Waals surface area (Å²) in [6.45, 7) is 1.57. The van der Waals surface area contributed by atoms with Crippen LogP contribution in [0.3, 0.4) is 0 Å². The van der Waals surface area contributed by atoms with Crippen LogP contribution in [0.4, 0.5) is 5.69 Å². The van der Waals surface area contributed by atoms with Crippen molar-refractivity contribution in [3.05, 3.63) is 18.2 Å². The summed E-state index contributed by atoms with van der Waals surface area (Å²) in [6.07, 6.45) is 0. The Kier molecular flexibility index (Phi) is 2.82. The largest absolute Gasteiger partial charge is 0.482 e. The van der Waals surface area contributed by atoms with Gasteiger partial charge in [-0.2, -0.15) is 0 Å². The molecule has 2 rings (SSSR count). The zero-order valence-electron chi connectivity index (χ0n) is 9.63. The van der Waals surface area contributed by atoms with Crippen LogP contribution in [-0.4, -0.2) is 33.7 Å². The van der Waals surface area contributed by atoms with E-state index in [9.17, 15) is 13.2 Å². The SMILES string of the molecule is CCS(=O)(=O)c1ccc2c(c1)N(C)C(=O)CO2. The fourth-order valence-electron chi connectivity index (χ4n) is 1.61. The molecule has 0 atom stereocenters. The average molecular weight is 255 g/mol. The lowest BCUT2D eigenvalue weighted by Crippen LogP contribution is -2.35. The lowest BCUT2D eigenvalue weighted by atomic mass is 10.2. The first-order valence-corrected chi connectivity index (χ1v) is 6.87. The molecule has 0 saturated carbocycles. The Bertz CT molecular complexity index is 565. The number of fused-ring (bicyclic) bond motifs is 1. The summed E-state index contributed by atoms with van der Waals surface area (Å²) in [7, 11) is -1.66. The lowest BCUT2D eigenvalue weighted by molar-refractivity contribution is -0.120. The van der Waals surface area contributed by atoms with Gasteiger partial charge in [-0.3, -0.25) is 4.79 Å². The van der Waals surface area contributed by atoms with Gasteiger partial charge in [0.25, 0.3) is 5.91 Å². The van der Waals surface area contributed by atoms with E-state index in [0.29, 0.717) is 11.4 Å². The molecule has 1 heterocycles. The van der Waals surface area contributed by atoms with E-state index >= 15 is 0 Å². The molecule has 92 valence electrons. The second-order valence-electron chi connectivity index (χ2n) is 3.77. The fraction of sp³-hybridized carbons (Fsp3) is 0.364. The van der Waals surface area contributed by atoms with E-state index in [1.165, 1.54) is 17.0 Å². The average Bonchev–Trinajstić information content (AvgIpc) is 2.33. The molecule has 0 unspecified atom stereocenters. The van der Waals surface area contributed by atoms with Crippen LogP contribution in [-0.2, 0) is 14.6 Å². The number of ether oxygens (including phenoxy) is 1. The molecule has 1 aliphatic heterocycles. The van der Waals surface area contributed by atoms with Gasteiger partial charge < -0.3 is 9.64 Å². The Labute approximate surface area is 99.9 Å². The van der Waals surface area contributed by atoms with Gasteiger partial charge in [-0.15, -0.1) is 0 Å². The quantitative estimate of drug-likeness (QED) is 0.785. The normalized spacial score (nSPS) is 15.4. The van der Waals surface area contributed by atoms with Crippen LogP contribution in [0, 0.1) is 0 Å². The van der Waals surface area contributed by atoms with E-state index in [4.69, 9.17) is 4.74 Å². The van der Waals surface area contributed by atoms with Crippen molar-refractivity contribution in [3.8, 4) is 5.75 Å². The van der Waals surface area contributed by atoms with E-state index < -0.39 is 9.84 Å². The minimum absolute atomic E-state index is 0.0105. The molecule has 1 aliphatic rings. The van der Waals surface area contributed by atoms with Crippen molar-refractivity contribution in [2.24, 2.45) is 0 Å². The van der Waals surface area contributed by atoms with Crippen molar-refractivity contribution in [1.82, 2.24) is 0 Å². The molecule has 0 aliphatic carbocycles. The first-order chi connectivity index (χ1) is 7.95. The number of carbonyl (C=O) groups excluding carboxylic acids is 1. The molecule has 0 bridgehead atoms. The summed E-state index contributed by atoms with van der Waals surface area (Å²) in [6, 6.07) is 4.56. The second kappa shape index (κ2) is 4.03. The standard InChI is InChI=1S/C11H13NO4S/c1-3-17(14,15)8-4-5-10-9(6-8)12(2)11(13)7-16-10/h4-6H,3,7H2,1-2H3. The van der Waals surface area contributed by atoms with Crippen LogP contribution in [0.15, 0.2) is 23.1 Å². The highest BCUT2D eigenvalue weighted by atomic mass is 32.2. The van der Waals surface area contributed by atoms with Crippen molar-refractivity contribution in [3.63, 3.8) is 0 Å². The Morgan fingerprint density at radius 3 is 2.76 bits per heavy atom. The highest BCUT2D eigenvalue weighted by Crippen LogP contribution is 2.33. The Balaban J connectivity index is 2.54. The highest BCUT2D eigenvalue weighted by molar-refractivity contribution is 7.91. The van der Waals surface area contributed by atoms with E-state index in [1.54, 1.807) is 20.0 Å². The molecule has 1 aromatic carbocycles. The van der Waals surface area contributed by atoms with E-state index in [2.05, 4.69) is 0 Å². The highest BCUT2D eigenvalue weighted by Gasteiger charge is 2.24. The first kappa shape index (κ1) is 11.9. The number of sulfone groups is 1. The molecule has 1 aromatic rings. The van der Waals surface area contributed by atoms with Crippen molar-refractivity contribution >= 4 is 21.4 Å². The maximum absolute atomic E-state index is 11.7. The number of amides is 1. The number of hydrogen-bond donors (Lipinski definition) is 0. The molecule has 0 aromatic heterocycles. The number of likely N-dealkylation sites (N-methyl/N-ethyl adjacent to an activating group) is 1. The van der Waals surface area contributed by atoms with Gasteiger partial charge in [0.1, 0.15) is 5.75 Å². The van der Waals surface area contributed by atoms with Crippen LogP contribution in [0.2, 0.25) is 0 Å². The Morgan fingerprint density at radius 2 is 2.12 bits per heavy atom. The van der Waals surface area contributed by atoms with Crippen molar-refractivity contribution < 1.29 is 17.9 Å². The monoisotopic (exact) mass is 255 g/mol. The van der Waals surface area contributed by atoms with E-state index in [1.807, 2.05) is 0 Å². The third kappa shape index (κ3) is 2.00. The summed E-state index contributed by atoms with van der Waals surface area (Å²) in [4.78, 5) is 13.1. The molecule has 0 fully saturated rings. The van der Waals surface area contributed by atoms with Gasteiger partial charge in [-0.05, 0) is 18.2 Å². The molecular formula is C11H13NO4S. The van der Waals surface area contributed by atoms with Crippen molar-refractivity contribution in [2.45, 2.75) is 11.8 Å². The van der Waals surface area contributed by atoms with Crippen molar-refractivity contribution in [1.29, 1.82) is 0 Å². The molecule has 0 N–H and O–H groups in total. The minimum Gasteiger partial charge on any atom is -0.482 e. The first-order valence-electron chi connectivity index (χ1n) is 5.22. The smallest absolute Gasteiger partial charge is 0.264 e. The zero-order chi connectivity index (χ0) is 12.6. The number of anilines is 1. The van der Waals surface area contributed by atoms with Crippen LogP contribution >= 0.6 is 0 Å². The summed E-state index contributed by atoms with van der Waals surface area (Å²) >= 11 is 0. The summed E-state index contributed by atoms with van der Waals surface area (Å²) in [5.41, 5.74) is 0.496. The number of benzene rings is 1. The van der Waals surface area contributed by atoms with Gasteiger partial charge in [-0.25, -0.2) is 8.42 Å². The predicted octanol–water partition coefficient (Wildman–Crippen LogP) is 0.835. The van der Waals surface area contributed by atoms with Crippen LogP contribution < -0.4 is 9.64 Å². The maximum atomic E-state index is 11.7. The van der Waals surface area contributed by atoms with Gasteiger partial charge in [-0.1, -0.05) is 6.92 Å². The topological polar surface area (TPSA) is 63.7 Å². The number of hydrogen-bond acceptors (Lipinski definition) is 4. The minimum atomic E-state index is -3.27. The third-order valence-electron chi connectivity index (χ3n) is 2.76. The van der Waals surface area contributed by atoms with Crippen LogP contribution in [0.5, 0.6) is 5.75 Å². The van der Waals surface area contributed by atoms with E-state index in [-0.39, 0.29) is 23.2 Å². The summed E-state index contributed by atoms with van der Waals surface area (Å²) < 4.78 is 28.7. The van der Waals surface area contributed by atoms with Crippen LogP contribution in [0.1, 0.15) is 6.92 Å². The summed E-state index contributed by atoms with van der Waals surface area (Å²) in [5, 5.41) is 0. The molecule has 0 radical (unpaired) electrons. The molecule has 1 amide bonds. The number of rotatable bonds is 2. The molecule has 0 spiro atoms. The molecule has 6 heteroatoms. The molecular weight excluding hydrogens is 242 g/mol. The molecule has 0 saturated heterocycles. The second-order valence-corrected chi connectivity index (χ2v) is 6.05. The lowest BCUT2D eigenvalue weighted by Gasteiger charge is -2.26. The number of carbonyl (C=O) groups is 1.